The summed E-state index contributed by atoms with van der Waals surface area (Å²) in [4.78, 5) is 14.7. The van der Waals surface area contributed by atoms with Gasteiger partial charge in [-0.15, -0.1) is 0 Å². The highest BCUT2D eigenvalue weighted by Crippen LogP contribution is 2.24. The third-order valence-corrected chi connectivity index (χ3v) is 5.67. The Morgan fingerprint density at radius 3 is 2.79 bits per heavy atom. The summed E-state index contributed by atoms with van der Waals surface area (Å²) in [6, 6.07) is 11.2. The third-order valence-electron chi connectivity index (χ3n) is 5.08. The SMILES string of the molecule is Cc1cccc(OCC(=O)N(Cc2ccc(Cl)cc2Cl)C[C@H]2CCCO2)c1C. The maximum Gasteiger partial charge on any atom is 0.260 e. The Bertz CT molecular complexity index is 835. The van der Waals surface area contributed by atoms with Crippen molar-refractivity contribution in [2.24, 2.45) is 0 Å². The Kier molecular flexibility index (Phi) is 7.22. The number of hydrogen-bond donors (Lipinski definition) is 0. The second kappa shape index (κ2) is 9.64. The lowest BCUT2D eigenvalue weighted by Gasteiger charge is -2.26. The quantitative estimate of drug-likeness (QED) is 0.616. The van der Waals surface area contributed by atoms with Gasteiger partial charge in [0.2, 0.25) is 0 Å². The summed E-state index contributed by atoms with van der Waals surface area (Å²) in [5.41, 5.74) is 3.03. The van der Waals surface area contributed by atoms with Crippen LogP contribution >= 0.6 is 23.2 Å². The van der Waals surface area contributed by atoms with E-state index in [1.54, 1.807) is 17.0 Å². The normalized spacial score (nSPS) is 16.2. The second-order valence-electron chi connectivity index (χ2n) is 7.13. The summed E-state index contributed by atoms with van der Waals surface area (Å²) in [7, 11) is 0. The molecule has 0 aliphatic carbocycles. The van der Waals surface area contributed by atoms with E-state index in [0.717, 1.165) is 41.9 Å². The van der Waals surface area contributed by atoms with E-state index >= 15 is 0 Å². The first-order valence-corrected chi connectivity index (χ1v) is 10.2. The molecule has 0 aromatic heterocycles. The van der Waals surface area contributed by atoms with Crippen molar-refractivity contribution < 1.29 is 14.3 Å². The number of ether oxygens (including phenoxy) is 2. The van der Waals surface area contributed by atoms with Crippen LogP contribution in [0.25, 0.3) is 0 Å². The van der Waals surface area contributed by atoms with Crippen molar-refractivity contribution in [3.8, 4) is 5.75 Å². The number of amides is 1. The Hall–Kier alpha value is -1.75. The van der Waals surface area contributed by atoms with E-state index in [2.05, 4.69) is 0 Å². The van der Waals surface area contributed by atoms with Gasteiger partial charge in [0.25, 0.3) is 5.91 Å². The summed E-state index contributed by atoms with van der Waals surface area (Å²) in [5, 5.41) is 1.12. The van der Waals surface area contributed by atoms with Gasteiger partial charge in [-0.05, 0) is 61.6 Å². The molecule has 1 atom stereocenters. The second-order valence-corrected chi connectivity index (χ2v) is 7.98. The fourth-order valence-electron chi connectivity index (χ4n) is 3.26. The van der Waals surface area contributed by atoms with Gasteiger partial charge < -0.3 is 14.4 Å². The largest absolute Gasteiger partial charge is 0.483 e. The van der Waals surface area contributed by atoms with Crippen molar-refractivity contribution >= 4 is 29.1 Å². The average molecular weight is 422 g/mol. The molecule has 0 saturated carbocycles. The fourth-order valence-corrected chi connectivity index (χ4v) is 3.72. The summed E-state index contributed by atoms with van der Waals surface area (Å²) < 4.78 is 11.6. The van der Waals surface area contributed by atoms with E-state index < -0.39 is 0 Å². The summed E-state index contributed by atoms with van der Waals surface area (Å²) in [5.74, 6) is 0.636. The number of halogens is 2. The van der Waals surface area contributed by atoms with E-state index in [1.807, 2.05) is 38.1 Å². The Morgan fingerprint density at radius 2 is 2.07 bits per heavy atom. The lowest BCUT2D eigenvalue weighted by molar-refractivity contribution is -0.135. The van der Waals surface area contributed by atoms with Crippen LogP contribution in [0.15, 0.2) is 36.4 Å². The average Bonchev–Trinajstić information content (AvgIpc) is 3.17. The molecular weight excluding hydrogens is 397 g/mol. The minimum atomic E-state index is -0.0950. The number of hydrogen-bond acceptors (Lipinski definition) is 3. The topological polar surface area (TPSA) is 38.8 Å². The van der Waals surface area contributed by atoms with Crippen molar-refractivity contribution in [1.29, 1.82) is 0 Å². The molecule has 1 amide bonds. The molecule has 0 spiro atoms. The molecule has 2 aromatic rings. The molecule has 1 saturated heterocycles. The molecule has 1 fully saturated rings. The van der Waals surface area contributed by atoms with Gasteiger partial charge in [0.15, 0.2) is 6.61 Å². The maximum atomic E-state index is 13.0. The van der Waals surface area contributed by atoms with Crippen molar-refractivity contribution in [3.05, 3.63) is 63.1 Å². The van der Waals surface area contributed by atoms with Gasteiger partial charge in [-0.2, -0.15) is 0 Å². The van der Waals surface area contributed by atoms with E-state index in [0.29, 0.717) is 23.1 Å². The highest BCUT2D eigenvalue weighted by atomic mass is 35.5. The summed E-state index contributed by atoms with van der Waals surface area (Å²) in [6.45, 7) is 5.65. The first-order valence-electron chi connectivity index (χ1n) is 9.46. The van der Waals surface area contributed by atoms with Crippen LogP contribution < -0.4 is 4.74 Å². The smallest absolute Gasteiger partial charge is 0.260 e. The van der Waals surface area contributed by atoms with Crippen molar-refractivity contribution in [2.75, 3.05) is 19.8 Å². The molecule has 28 heavy (non-hydrogen) atoms. The molecule has 0 N–H and O–H groups in total. The number of carbonyl (C=O) groups excluding carboxylic acids is 1. The zero-order valence-electron chi connectivity index (χ0n) is 16.2. The molecule has 0 radical (unpaired) electrons. The van der Waals surface area contributed by atoms with E-state index in [1.165, 1.54) is 0 Å². The first kappa shape index (κ1) is 21.0. The molecule has 2 aromatic carbocycles. The molecule has 150 valence electrons. The lowest BCUT2D eigenvalue weighted by atomic mass is 10.1. The van der Waals surface area contributed by atoms with E-state index in [-0.39, 0.29) is 18.6 Å². The number of nitrogens with zero attached hydrogens (tertiary/aromatic N) is 1. The number of aryl methyl sites for hydroxylation is 1. The minimum Gasteiger partial charge on any atom is -0.483 e. The number of rotatable bonds is 7. The van der Waals surface area contributed by atoms with Gasteiger partial charge in [0.05, 0.1) is 6.10 Å². The molecule has 4 nitrogen and oxygen atoms in total. The standard InChI is InChI=1S/C22H25Cl2NO3/c1-15-5-3-7-21(16(15)2)28-14-22(26)25(13-19-6-4-10-27-19)12-17-8-9-18(23)11-20(17)24/h3,5,7-9,11,19H,4,6,10,12-14H2,1-2H3/t19-/m1/s1. The van der Waals surface area contributed by atoms with Gasteiger partial charge in [0.1, 0.15) is 5.75 Å². The number of carbonyl (C=O) groups is 1. The Balaban J connectivity index is 1.71. The summed E-state index contributed by atoms with van der Waals surface area (Å²) in [6.07, 6.45) is 2.03. The summed E-state index contributed by atoms with van der Waals surface area (Å²) >= 11 is 12.3. The molecule has 1 aliphatic heterocycles. The van der Waals surface area contributed by atoms with Crippen LogP contribution in [0.5, 0.6) is 5.75 Å². The lowest BCUT2D eigenvalue weighted by Crippen LogP contribution is -2.39. The highest BCUT2D eigenvalue weighted by Gasteiger charge is 2.24. The van der Waals surface area contributed by atoms with Gasteiger partial charge in [-0.1, -0.05) is 41.4 Å². The van der Waals surface area contributed by atoms with Crippen LogP contribution in [0.4, 0.5) is 0 Å². The van der Waals surface area contributed by atoms with Crippen LogP contribution in [0, 0.1) is 13.8 Å². The van der Waals surface area contributed by atoms with Crippen molar-refractivity contribution in [1.82, 2.24) is 4.90 Å². The molecule has 0 unspecified atom stereocenters. The third kappa shape index (κ3) is 5.40. The highest BCUT2D eigenvalue weighted by molar-refractivity contribution is 6.35. The van der Waals surface area contributed by atoms with Crippen LogP contribution in [0.1, 0.15) is 29.5 Å². The molecule has 3 rings (SSSR count). The monoisotopic (exact) mass is 421 g/mol. The van der Waals surface area contributed by atoms with Crippen LogP contribution in [-0.4, -0.2) is 36.7 Å². The predicted molar refractivity (Wildman–Crippen MR) is 112 cm³/mol. The molecule has 1 heterocycles. The maximum absolute atomic E-state index is 13.0. The van der Waals surface area contributed by atoms with Gasteiger partial charge in [0, 0.05) is 29.7 Å². The molecule has 0 bridgehead atoms. The zero-order chi connectivity index (χ0) is 20.1. The zero-order valence-corrected chi connectivity index (χ0v) is 17.7. The van der Waals surface area contributed by atoms with Crippen molar-refractivity contribution in [3.63, 3.8) is 0 Å². The van der Waals surface area contributed by atoms with Crippen LogP contribution in [0.2, 0.25) is 10.0 Å². The fraction of sp³-hybridized carbons (Fsp3) is 0.409. The predicted octanol–water partition coefficient (Wildman–Crippen LogP) is 5.20. The first-order chi connectivity index (χ1) is 13.4. The van der Waals surface area contributed by atoms with Gasteiger partial charge in [-0.3, -0.25) is 4.79 Å². The van der Waals surface area contributed by atoms with Gasteiger partial charge >= 0.3 is 0 Å². The molecule has 6 heteroatoms. The van der Waals surface area contributed by atoms with Crippen molar-refractivity contribution in [2.45, 2.75) is 39.3 Å². The molecular formula is C22H25Cl2NO3. The Morgan fingerprint density at radius 1 is 1.25 bits per heavy atom. The molecule has 1 aliphatic rings. The van der Waals surface area contributed by atoms with Crippen LogP contribution in [-0.2, 0) is 16.1 Å². The van der Waals surface area contributed by atoms with E-state index in [4.69, 9.17) is 32.7 Å². The van der Waals surface area contributed by atoms with E-state index in [9.17, 15) is 4.79 Å². The number of benzene rings is 2. The minimum absolute atomic E-state index is 0.0256. The Labute approximate surface area is 176 Å². The van der Waals surface area contributed by atoms with Gasteiger partial charge in [-0.25, -0.2) is 0 Å². The van der Waals surface area contributed by atoms with Crippen LogP contribution in [0.3, 0.4) is 0 Å².